The van der Waals surface area contributed by atoms with Crippen LogP contribution in [0.2, 0.25) is 5.02 Å². The lowest BCUT2D eigenvalue weighted by Crippen LogP contribution is -2.03. The summed E-state index contributed by atoms with van der Waals surface area (Å²) in [6.45, 7) is 3.99. The zero-order chi connectivity index (χ0) is 15.6. The van der Waals surface area contributed by atoms with E-state index in [4.69, 9.17) is 21.1 Å². The van der Waals surface area contributed by atoms with Crippen LogP contribution in [0.1, 0.15) is 27.2 Å². The first-order valence-corrected chi connectivity index (χ1v) is 7.68. The van der Waals surface area contributed by atoms with Crippen molar-refractivity contribution in [2.75, 3.05) is 14.2 Å². The van der Waals surface area contributed by atoms with Gasteiger partial charge in [0.15, 0.2) is 11.5 Å². The number of rotatable bonds is 5. The van der Waals surface area contributed by atoms with Crippen LogP contribution in [0.15, 0.2) is 12.1 Å². The minimum absolute atomic E-state index is 0.414. The van der Waals surface area contributed by atoms with Crippen LogP contribution in [0.5, 0.6) is 11.5 Å². The zero-order valence-corrected chi connectivity index (χ0v) is 14.0. The Morgan fingerprint density at radius 2 is 2.00 bits per heavy atom. The van der Waals surface area contributed by atoms with Crippen molar-refractivity contribution in [3.63, 3.8) is 0 Å². The molecule has 0 spiro atoms. The van der Waals surface area contributed by atoms with E-state index in [0.717, 1.165) is 10.7 Å². The first-order chi connectivity index (χ1) is 9.96. The molecule has 0 saturated heterocycles. The van der Waals surface area contributed by atoms with Gasteiger partial charge in [-0.15, -0.1) is 11.3 Å². The van der Waals surface area contributed by atoms with E-state index in [1.807, 2.05) is 13.8 Å². The highest BCUT2D eigenvalue weighted by atomic mass is 35.5. The molecule has 0 aliphatic heterocycles. The predicted octanol–water partition coefficient (Wildman–Crippen LogP) is 3.71. The molecule has 4 nitrogen and oxygen atoms in total. The van der Waals surface area contributed by atoms with Crippen LogP contribution in [0.3, 0.4) is 0 Å². The maximum Gasteiger partial charge on any atom is 0.179 e. The largest absolute Gasteiger partial charge is 0.493 e. The fourth-order valence-electron chi connectivity index (χ4n) is 2.04. The summed E-state index contributed by atoms with van der Waals surface area (Å²) in [6, 6.07) is 3.43. The fraction of sp³-hybridized carbons (Fsp3) is 0.400. The number of hydrogen-bond donors (Lipinski definition) is 1. The minimum Gasteiger partial charge on any atom is -0.493 e. The van der Waals surface area contributed by atoms with Gasteiger partial charge in [0.2, 0.25) is 0 Å². The van der Waals surface area contributed by atoms with Crippen molar-refractivity contribution in [2.24, 2.45) is 0 Å². The van der Waals surface area contributed by atoms with Gasteiger partial charge in [-0.1, -0.05) is 11.6 Å². The van der Waals surface area contributed by atoms with Crippen molar-refractivity contribution in [3.8, 4) is 11.5 Å². The van der Waals surface area contributed by atoms with Crippen LogP contribution in [0, 0.1) is 13.8 Å². The van der Waals surface area contributed by atoms with Gasteiger partial charge in [-0.3, -0.25) is 0 Å². The van der Waals surface area contributed by atoms with E-state index in [2.05, 4.69) is 4.98 Å². The van der Waals surface area contributed by atoms with E-state index in [0.29, 0.717) is 28.5 Å². The van der Waals surface area contributed by atoms with Crippen molar-refractivity contribution < 1.29 is 14.6 Å². The number of aliphatic hydroxyl groups excluding tert-OH is 1. The topological polar surface area (TPSA) is 51.6 Å². The first-order valence-electron chi connectivity index (χ1n) is 6.48. The Morgan fingerprint density at radius 3 is 2.52 bits per heavy atom. The van der Waals surface area contributed by atoms with Gasteiger partial charge in [-0.2, -0.15) is 0 Å². The molecule has 114 valence electrons. The maximum absolute atomic E-state index is 10.4. The second-order valence-corrected chi connectivity index (χ2v) is 6.40. The summed E-state index contributed by atoms with van der Waals surface area (Å²) in [7, 11) is 3.07. The molecule has 1 aromatic heterocycles. The average molecular weight is 328 g/mol. The summed E-state index contributed by atoms with van der Waals surface area (Å²) in [5, 5.41) is 11.7. The number of halogens is 1. The highest BCUT2D eigenvalue weighted by Crippen LogP contribution is 2.38. The molecule has 6 heteroatoms. The average Bonchev–Trinajstić information content (AvgIpc) is 2.76. The zero-order valence-electron chi connectivity index (χ0n) is 12.4. The molecule has 1 N–H and O–H groups in total. The molecule has 1 aromatic carbocycles. The van der Waals surface area contributed by atoms with E-state index in [1.54, 1.807) is 23.5 Å². The molecule has 0 saturated carbocycles. The van der Waals surface area contributed by atoms with Gasteiger partial charge < -0.3 is 14.6 Å². The third-order valence-electron chi connectivity index (χ3n) is 3.28. The molecule has 1 atom stereocenters. The lowest BCUT2D eigenvalue weighted by atomic mass is 10.1. The second kappa shape index (κ2) is 6.64. The van der Waals surface area contributed by atoms with E-state index >= 15 is 0 Å². The number of aliphatic hydroxyl groups is 1. The van der Waals surface area contributed by atoms with Crippen LogP contribution in [-0.2, 0) is 6.42 Å². The second-order valence-electron chi connectivity index (χ2n) is 4.71. The number of aryl methyl sites for hydroxylation is 2. The van der Waals surface area contributed by atoms with E-state index in [-0.39, 0.29) is 0 Å². The Morgan fingerprint density at radius 1 is 1.29 bits per heavy atom. The summed E-state index contributed by atoms with van der Waals surface area (Å²) >= 11 is 7.76. The van der Waals surface area contributed by atoms with E-state index in [1.165, 1.54) is 19.1 Å². The van der Waals surface area contributed by atoms with Gasteiger partial charge in [0.25, 0.3) is 0 Å². The molecule has 2 aromatic rings. The molecule has 1 heterocycles. The van der Waals surface area contributed by atoms with Crippen LogP contribution >= 0.6 is 22.9 Å². The Kier molecular flexibility index (Phi) is 5.08. The Hall–Kier alpha value is -1.30. The Bertz CT molecular complexity index is 623. The number of methoxy groups -OCH3 is 2. The molecule has 0 bridgehead atoms. The number of thiazole rings is 1. The summed E-state index contributed by atoms with van der Waals surface area (Å²) in [4.78, 5) is 5.61. The molecule has 0 amide bonds. The molecule has 0 radical (unpaired) electrons. The lowest BCUT2D eigenvalue weighted by molar-refractivity contribution is 0.177. The number of hydrogen-bond acceptors (Lipinski definition) is 5. The number of aromatic nitrogens is 1. The van der Waals surface area contributed by atoms with E-state index < -0.39 is 6.10 Å². The highest BCUT2D eigenvalue weighted by molar-refractivity contribution is 7.11. The van der Waals surface area contributed by atoms with Gasteiger partial charge in [-0.05, 0) is 31.5 Å². The van der Waals surface area contributed by atoms with Crippen molar-refractivity contribution in [3.05, 3.63) is 38.3 Å². The summed E-state index contributed by atoms with van der Waals surface area (Å²) in [5.74, 6) is 0.974. The monoisotopic (exact) mass is 327 g/mol. The molecule has 0 aliphatic rings. The van der Waals surface area contributed by atoms with Crippen molar-refractivity contribution in [2.45, 2.75) is 26.4 Å². The predicted molar refractivity (Wildman–Crippen MR) is 84.8 cm³/mol. The van der Waals surface area contributed by atoms with Gasteiger partial charge in [0.05, 0.1) is 36.0 Å². The molecule has 0 aliphatic carbocycles. The summed E-state index contributed by atoms with van der Waals surface area (Å²) in [6.07, 6.45) is -0.238. The van der Waals surface area contributed by atoms with Crippen LogP contribution in [0.25, 0.3) is 0 Å². The smallest absolute Gasteiger partial charge is 0.179 e. The third kappa shape index (κ3) is 3.48. The fourth-order valence-corrected chi connectivity index (χ4v) is 3.31. The molecular weight excluding hydrogens is 310 g/mol. The normalized spacial score (nSPS) is 12.3. The summed E-state index contributed by atoms with van der Waals surface area (Å²) in [5.41, 5.74) is 1.69. The first kappa shape index (κ1) is 16.1. The van der Waals surface area contributed by atoms with E-state index in [9.17, 15) is 5.11 Å². The Labute approximate surface area is 133 Å². The third-order valence-corrected chi connectivity index (χ3v) is 4.66. The SMILES string of the molecule is COc1cc(C(O)Cc2nc(C)c(C)s2)cc(Cl)c1OC. The number of ether oxygens (including phenoxy) is 2. The van der Waals surface area contributed by atoms with Gasteiger partial charge in [-0.25, -0.2) is 4.98 Å². The molecule has 1 unspecified atom stereocenters. The van der Waals surface area contributed by atoms with Crippen molar-refractivity contribution in [1.29, 1.82) is 0 Å². The Balaban J connectivity index is 2.26. The molecule has 0 fully saturated rings. The molecular formula is C15H18ClNO3S. The number of nitrogens with zero attached hydrogens (tertiary/aromatic N) is 1. The lowest BCUT2D eigenvalue weighted by Gasteiger charge is -2.15. The summed E-state index contributed by atoms with van der Waals surface area (Å²) < 4.78 is 10.4. The van der Waals surface area contributed by atoms with Gasteiger partial charge in [0.1, 0.15) is 0 Å². The van der Waals surface area contributed by atoms with Crippen LogP contribution < -0.4 is 9.47 Å². The minimum atomic E-state index is -0.688. The van der Waals surface area contributed by atoms with Gasteiger partial charge >= 0.3 is 0 Å². The highest BCUT2D eigenvalue weighted by Gasteiger charge is 2.17. The van der Waals surface area contributed by atoms with Crippen LogP contribution in [0.4, 0.5) is 0 Å². The quantitative estimate of drug-likeness (QED) is 0.909. The number of benzene rings is 1. The molecule has 21 heavy (non-hydrogen) atoms. The standard InChI is InChI=1S/C15H18ClNO3S/c1-8-9(2)21-14(17-8)7-12(18)10-5-11(16)15(20-4)13(6-10)19-3/h5-6,12,18H,7H2,1-4H3. The van der Waals surface area contributed by atoms with Crippen molar-refractivity contribution >= 4 is 22.9 Å². The van der Waals surface area contributed by atoms with Crippen molar-refractivity contribution in [1.82, 2.24) is 4.98 Å². The maximum atomic E-state index is 10.4. The van der Waals surface area contributed by atoms with Crippen LogP contribution in [-0.4, -0.2) is 24.3 Å². The van der Waals surface area contributed by atoms with Gasteiger partial charge in [0, 0.05) is 11.3 Å². The molecule has 2 rings (SSSR count).